The first-order valence-corrected chi connectivity index (χ1v) is 34.6. The Kier molecular flexibility index (Phi) is 29.9. The Balaban J connectivity index is 0.000000166. The van der Waals surface area contributed by atoms with E-state index in [0.717, 1.165) is 147 Å². The van der Waals surface area contributed by atoms with Crippen LogP contribution in [-0.4, -0.2) is 187 Å². The largest absolute Gasteiger partial charge is 0.478 e. The number of aromatic nitrogens is 6. The summed E-state index contributed by atoms with van der Waals surface area (Å²) in [5.41, 5.74) is 2.62. The minimum absolute atomic E-state index is 0.284. The molecule has 11 heterocycles. The van der Waals surface area contributed by atoms with Crippen molar-refractivity contribution in [3.63, 3.8) is 0 Å². The van der Waals surface area contributed by atoms with Gasteiger partial charge in [-0.15, -0.1) is 0 Å². The number of carbonyl (C=O) groups is 6. The summed E-state index contributed by atoms with van der Waals surface area (Å²) in [6.07, 6.45) is 26.0. The van der Waals surface area contributed by atoms with Crippen LogP contribution >= 0.6 is 0 Å². The maximum Gasteiger partial charge on any atom is 0.339 e. The Morgan fingerprint density at radius 2 is 0.653 bits per heavy atom. The number of pyridine rings is 6. The van der Waals surface area contributed by atoms with E-state index in [1.165, 1.54) is 44.9 Å². The highest BCUT2D eigenvalue weighted by atomic mass is 16.4. The maximum atomic E-state index is 11.1. The van der Waals surface area contributed by atoms with E-state index in [9.17, 15) is 28.8 Å². The number of piperazine rings is 1. The van der Waals surface area contributed by atoms with Crippen molar-refractivity contribution < 1.29 is 59.4 Å². The van der Waals surface area contributed by atoms with Crippen molar-refractivity contribution in [1.82, 2.24) is 34.8 Å². The van der Waals surface area contributed by atoms with Crippen molar-refractivity contribution in [3.8, 4) is 0 Å². The average Bonchev–Trinajstić information content (AvgIpc) is 0.894. The molecule has 0 radical (unpaired) electrons. The van der Waals surface area contributed by atoms with Gasteiger partial charge in [0.05, 0.1) is 11.3 Å². The molecule has 1 aliphatic carbocycles. The van der Waals surface area contributed by atoms with Crippen LogP contribution in [0.5, 0.6) is 0 Å². The summed E-state index contributed by atoms with van der Waals surface area (Å²) >= 11 is 0. The third kappa shape index (κ3) is 22.9. The van der Waals surface area contributed by atoms with Crippen LogP contribution in [0.3, 0.4) is 0 Å². The normalized spacial score (nSPS) is 19.7. The highest BCUT2D eigenvalue weighted by Crippen LogP contribution is 2.32. The molecule has 6 N–H and O–H groups in total. The van der Waals surface area contributed by atoms with Crippen molar-refractivity contribution in [3.05, 3.63) is 149 Å². The third-order valence-electron chi connectivity index (χ3n) is 19.1. The van der Waals surface area contributed by atoms with Gasteiger partial charge in [0.2, 0.25) is 0 Å². The highest BCUT2D eigenvalue weighted by molar-refractivity contribution is 5.96. The average molecular weight is 1350 g/mol. The lowest BCUT2D eigenvalue weighted by molar-refractivity contribution is 0.0684. The lowest BCUT2D eigenvalue weighted by atomic mass is 9.80. The number of rotatable bonds is 14. The van der Waals surface area contributed by atoms with Gasteiger partial charge < -0.3 is 60.0 Å². The van der Waals surface area contributed by atoms with Gasteiger partial charge in [0.25, 0.3) is 0 Å². The van der Waals surface area contributed by atoms with E-state index < -0.39 is 35.8 Å². The van der Waals surface area contributed by atoms with Crippen LogP contribution in [0, 0.1) is 35.5 Å². The minimum atomic E-state index is -0.915. The summed E-state index contributed by atoms with van der Waals surface area (Å²) in [4.78, 5) is 104. The molecule has 24 heteroatoms. The lowest BCUT2D eigenvalue weighted by Gasteiger charge is -2.33. The van der Waals surface area contributed by atoms with Crippen molar-refractivity contribution in [1.29, 1.82) is 0 Å². The van der Waals surface area contributed by atoms with E-state index in [-0.39, 0.29) is 5.56 Å². The summed E-state index contributed by atoms with van der Waals surface area (Å²) in [7, 11) is 2.06. The number of hydrogen-bond acceptors (Lipinski definition) is 18. The third-order valence-corrected chi connectivity index (χ3v) is 19.1. The lowest BCUT2D eigenvalue weighted by Crippen LogP contribution is -2.45. The molecule has 5 aliphatic heterocycles. The summed E-state index contributed by atoms with van der Waals surface area (Å²) in [6, 6.07) is 19.7. The summed E-state index contributed by atoms with van der Waals surface area (Å²) in [5, 5.41) is 54.6. The predicted molar refractivity (Wildman–Crippen MR) is 379 cm³/mol. The number of likely N-dealkylation sites (N-methyl/N-ethyl adjacent to an activating group) is 1. The molecule has 6 aromatic heterocycles. The van der Waals surface area contributed by atoms with E-state index in [4.69, 9.17) is 30.6 Å². The zero-order valence-electron chi connectivity index (χ0n) is 57.7. The van der Waals surface area contributed by atoms with Gasteiger partial charge in [-0.1, -0.05) is 53.9 Å². The van der Waals surface area contributed by atoms with Gasteiger partial charge in [0.1, 0.15) is 56.9 Å². The van der Waals surface area contributed by atoms with Gasteiger partial charge in [-0.05, 0) is 186 Å². The molecule has 0 aromatic carbocycles. The fourth-order valence-electron chi connectivity index (χ4n) is 13.2. The van der Waals surface area contributed by atoms with Gasteiger partial charge in [-0.2, -0.15) is 0 Å². The van der Waals surface area contributed by atoms with Crippen molar-refractivity contribution >= 4 is 64.9 Å². The first-order chi connectivity index (χ1) is 47.1. The van der Waals surface area contributed by atoms with E-state index >= 15 is 0 Å². The van der Waals surface area contributed by atoms with Crippen molar-refractivity contribution in [2.45, 2.75) is 125 Å². The Hall–Kier alpha value is -9.32. The zero-order valence-corrected chi connectivity index (χ0v) is 57.7. The van der Waals surface area contributed by atoms with Gasteiger partial charge in [-0.25, -0.2) is 53.7 Å². The number of aromatic carboxylic acids is 6. The second kappa shape index (κ2) is 38.6. The van der Waals surface area contributed by atoms with Gasteiger partial charge in [0.15, 0.2) is 0 Å². The van der Waals surface area contributed by atoms with E-state index in [1.54, 1.807) is 110 Å². The SMILES string of the molecule is CC1CCC(Cc2ncccc2C(=O)O)CC1.CC1CCN(c2ncccc2C(=O)O)CC1.CCC1CCN(c2ncccc2C(=O)O)CC1.CN1CCN(c2ncccc2C(=O)O)CC1.C[C@@H]1CCCN(c2ncccc2C(=O)O)C1.C[C@H]1CCCN(c2ncccc2C(=O)O)C1. The fraction of sp³-hybridized carbons (Fsp3) is 0.514. The number of carboxylic acid groups (broad SMARTS) is 6. The van der Waals surface area contributed by atoms with Gasteiger partial charge in [0, 0.05) is 116 Å². The Bertz CT molecular complexity index is 3380. The number of hydrogen-bond donors (Lipinski definition) is 6. The van der Waals surface area contributed by atoms with E-state index in [2.05, 4.69) is 96.1 Å². The molecule has 5 saturated heterocycles. The standard InChI is InChI=1S/C14H19NO2.C13H18N2O2.3C12H16N2O2.C11H15N3O2/c1-10-4-6-11(7-5-10)9-13-12(14(16)17)3-2-8-15-13;1-2-10-5-8-15(9-6-10)12-11(13(16)17)4-3-7-14-12;2*1-9-4-3-7-14(8-9)11-10(12(15)16)5-2-6-13-11;1-9-4-7-14(8-5-9)11-10(12(15)16)3-2-6-13-11;1-13-5-7-14(8-6-13)10-9(11(15)16)3-2-4-12-10/h2-3,8,10-11H,4-7,9H2,1H3,(H,16,17);3-4,7,10H,2,5-6,8-9H2,1H3,(H,16,17);2*2,5-6,9H,3-4,7-8H2,1H3,(H,15,16);2-3,6,9H,4-5,7-8H2,1H3,(H,15,16);2-4H,5-8H2,1H3,(H,15,16)/t;;2*9-;;/m..10../s1. The van der Waals surface area contributed by atoms with Crippen LogP contribution in [0.15, 0.2) is 110 Å². The molecule has 6 aliphatic rings. The number of carboxylic acids is 6. The van der Waals surface area contributed by atoms with E-state index in [1.807, 2.05) is 4.90 Å². The highest BCUT2D eigenvalue weighted by Gasteiger charge is 2.28. The second-order valence-corrected chi connectivity index (χ2v) is 26.7. The Morgan fingerprint density at radius 3 is 0.990 bits per heavy atom. The first kappa shape index (κ1) is 76.1. The van der Waals surface area contributed by atoms with Crippen molar-refractivity contribution in [2.75, 3.05) is 110 Å². The molecular formula is C74H100N12O12. The van der Waals surface area contributed by atoms with Crippen molar-refractivity contribution in [2.24, 2.45) is 35.5 Å². The van der Waals surface area contributed by atoms with Gasteiger partial charge in [-0.3, -0.25) is 4.98 Å². The Labute approximate surface area is 575 Å². The van der Waals surface area contributed by atoms with Crippen LogP contribution in [-0.2, 0) is 6.42 Å². The summed E-state index contributed by atoms with van der Waals surface area (Å²) < 4.78 is 0. The quantitative estimate of drug-likeness (QED) is 0.0590. The molecule has 0 unspecified atom stereocenters. The number of anilines is 5. The van der Waals surface area contributed by atoms with Gasteiger partial charge >= 0.3 is 35.8 Å². The summed E-state index contributed by atoms with van der Waals surface area (Å²) in [6.45, 7) is 21.9. The molecule has 0 spiro atoms. The zero-order chi connectivity index (χ0) is 70.7. The molecule has 0 amide bonds. The molecule has 6 fully saturated rings. The molecule has 1 saturated carbocycles. The first-order valence-electron chi connectivity index (χ1n) is 34.6. The molecule has 24 nitrogen and oxygen atoms in total. The fourth-order valence-corrected chi connectivity index (χ4v) is 13.2. The minimum Gasteiger partial charge on any atom is -0.478 e. The van der Waals surface area contributed by atoms with E-state index in [0.29, 0.717) is 74.7 Å². The predicted octanol–water partition coefficient (Wildman–Crippen LogP) is 12.1. The number of piperidine rings is 4. The second-order valence-electron chi connectivity index (χ2n) is 26.7. The molecule has 12 rings (SSSR count). The Morgan fingerprint density at radius 1 is 0.347 bits per heavy atom. The molecular weight excluding hydrogens is 1250 g/mol. The molecule has 98 heavy (non-hydrogen) atoms. The molecule has 6 aromatic rings. The topological polar surface area (TPSA) is 321 Å². The van der Waals surface area contributed by atoms with Crippen LogP contribution in [0.2, 0.25) is 0 Å². The van der Waals surface area contributed by atoms with Crippen LogP contribution in [0.1, 0.15) is 186 Å². The number of nitrogens with zero attached hydrogens (tertiary/aromatic N) is 12. The van der Waals surface area contributed by atoms with Crippen LogP contribution in [0.25, 0.3) is 0 Å². The smallest absolute Gasteiger partial charge is 0.339 e. The van der Waals surface area contributed by atoms with Crippen LogP contribution < -0.4 is 24.5 Å². The monoisotopic (exact) mass is 1350 g/mol. The summed E-state index contributed by atoms with van der Waals surface area (Å²) in [5.74, 6) is 1.83. The molecule has 0 bridgehead atoms. The van der Waals surface area contributed by atoms with Crippen LogP contribution in [0.4, 0.5) is 29.1 Å². The maximum absolute atomic E-state index is 11.1. The molecule has 528 valence electrons. The molecule has 2 atom stereocenters.